The molecule has 7 nitrogen and oxygen atoms in total. The van der Waals surface area contributed by atoms with Crippen molar-refractivity contribution in [1.82, 2.24) is 14.9 Å². The van der Waals surface area contributed by atoms with Gasteiger partial charge in [0.15, 0.2) is 0 Å². The number of amides is 1. The van der Waals surface area contributed by atoms with Crippen LogP contribution < -0.4 is 10.6 Å². The van der Waals surface area contributed by atoms with E-state index in [-0.39, 0.29) is 12.3 Å². The van der Waals surface area contributed by atoms with Gasteiger partial charge in [-0.15, -0.1) is 0 Å². The summed E-state index contributed by atoms with van der Waals surface area (Å²) in [5.74, 6) is -1.35. The zero-order valence-corrected chi connectivity index (χ0v) is 13.6. The molecule has 1 unspecified atom stereocenters. The zero-order chi connectivity index (χ0) is 17.4. The second kappa shape index (κ2) is 8.83. The number of rotatable bonds is 9. The van der Waals surface area contributed by atoms with E-state index in [0.29, 0.717) is 12.2 Å². The highest BCUT2D eigenvalue weighted by Crippen LogP contribution is 2.10. The summed E-state index contributed by atoms with van der Waals surface area (Å²) in [6.07, 6.45) is 5.89. The Kier molecular flexibility index (Phi) is 6.51. The number of anilines is 1. The van der Waals surface area contributed by atoms with Crippen molar-refractivity contribution in [3.63, 3.8) is 0 Å². The molecule has 2 rings (SSSR count). The van der Waals surface area contributed by atoms with Crippen LogP contribution in [0.5, 0.6) is 0 Å². The first-order valence-corrected chi connectivity index (χ1v) is 7.83. The van der Waals surface area contributed by atoms with Crippen LogP contribution in [0.25, 0.3) is 0 Å². The Morgan fingerprint density at radius 1 is 1.38 bits per heavy atom. The van der Waals surface area contributed by atoms with E-state index in [1.165, 1.54) is 0 Å². The Bertz CT molecular complexity index is 670. The van der Waals surface area contributed by atoms with Crippen molar-refractivity contribution >= 4 is 17.6 Å². The number of aryl methyl sites for hydroxylation is 2. The van der Waals surface area contributed by atoms with Gasteiger partial charge in [0.25, 0.3) is 0 Å². The van der Waals surface area contributed by atoms with Gasteiger partial charge < -0.3 is 20.3 Å². The van der Waals surface area contributed by atoms with Crippen LogP contribution in [0.4, 0.5) is 5.69 Å². The van der Waals surface area contributed by atoms with Gasteiger partial charge in [0.2, 0.25) is 5.91 Å². The fourth-order valence-corrected chi connectivity index (χ4v) is 2.32. The predicted molar refractivity (Wildman–Crippen MR) is 90.7 cm³/mol. The van der Waals surface area contributed by atoms with E-state index in [0.717, 1.165) is 18.5 Å². The number of carboxylic acids is 1. The molecule has 1 atom stereocenters. The van der Waals surface area contributed by atoms with Crippen molar-refractivity contribution in [2.75, 3.05) is 11.9 Å². The molecule has 24 heavy (non-hydrogen) atoms. The third-order valence-electron chi connectivity index (χ3n) is 3.53. The highest BCUT2D eigenvalue weighted by Gasteiger charge is 2.20. The smallest absolute Gasteiger partial charge is 0.321 e. The number of carbonyl (C=O) groups excluding carboxylic acids is 1. The van der Waals surface area contributed by atoms with Gasteiger partial charge in [0, 0.05) is 24.6 Å². The average Bonchev–Trinajstić information content (AvgIpc) is 3.03. The molecule has 0 saturated carbocycles. The maximum atomic E-state index is 12.0. The monoisotopic (exact) mass is 330 g/mol. The van der Waals surface area contributed by atoms with Gasteiger partial charge in [0.1, 0.15) is 6.04 Å². The Balaban J connectivity index is 1.77. The number of carbonyl (C=O) groups is 2. The van der Waals surface area contributed by atoms with Gasteiger partial charge in [-0.05, 0) is 37.6 Å². The standard InChI is InChI=1S/C17H22N4O3/c1-13-4-2-5-14(10-13)20-16(22)11-15(17(23)24)19-6-3-8-21-9-7-18-12-21/h2,4-5,7,9-10,12,15,19H,3,6,8,11H2,1H3,(H,20,22)(H,23,24). The lowest BCUT2D eigenvalue weighted by atomic mass is 10.1. The van der Waals surface area contributed by atoms with Crippen molar-refractivity contribution in [2.24, 2.45) is 0 Å². The predicted octanol–water partition coefficient (Wildman–Crippen LogP) is 1.65. The number of benzene rings is 1. The van der Waals surface area contributed by atoms with Crippen molar-refractivity contribution in [3.05, 3.63) is 48.5 Å². The van der Waals surface area contributed by atoms with Gasteiger partial charge in [-0.25, -0.2) is 4.98 Å². The van der Waals surface area contributed by atoms with Crippen LogP contribution in [0.1, 0.15) is 18.4 Å². The van der Waals surface area contributed by atoms with E-state index < -0.39 is 12.0 Å². The first kappa shape index (κ1) is 17.7. The molecule has 128 valence electrons. The summed E-state index contributed by atoms with van der Waals surface area (Å²) in [5, 5.41) is 14.9. The van der Waals surface area contributed by atoms with Crippen molar-refractivity contribution in [2.45, 2.75) is 32.4 Å². The minimum atomic E-state index is -1.03. The molecule has 0 bridgehead atoms. The molecule has 0 aliphatic rings. The Hall–Kier alpha value is -2.67. The molecule has 1 heterocycles. The fourth-order valence-electron chi connectivity index (χ4n) is 2.32. The number of hydrogen-bond acceptors (Lipinski definition) is 4. The van der Waals surface area contributed by atoms with Crippen LogP contribution in [-0.2, 0) is 16.1 Å². The molecule has 7 heteroatoms. The Morgan fingerprint density at radius 2 is 2.21 bits per heavy atom. The molecule has 1 aromatic heterocycles. The van der Waals surface area contributed by atoms with Crippen LogP contribution in [0, 0.1) is 6.92 Å². The molecular formula is C17H22N4O3. The van der Waals surface area contributed by atoms with E-state index in [2.05, 4.69) is 15.6 Å². The summed E-state index contributed by atoms with van der Waals surface area (Å²) in [7, 11) is 0. The SMILES string of the molecule is Cc1cccc(NC(=O)CC(NCCCn2ccnc2)C(=O)O)c1. The maximum absolute atomic E-state index is 12.0. The fraction of sp³-hybridized carbons (Fsp3) is 0.353. The minimum absolute atomic E-state index is 0.117. The minimum Gasteiger partial charge on any atom is -0.480 e. The molecule has 0 fully saturated rings. The topological polar surface area (TPSA) is 96.3 Å². The highest BCUT2D eigenvalue weighted by atomic mass is 16.4. The highest BCUT2D eigenvalue weighted by molar-refractivity contribution is 5.94. The van der Waals surface area contributed by atoms with Gasteiger partial charge in [-0.3, -0.25) is 9.59 Å². The Morgan fingerprint density at radius 3 is 2.88 bits per heavy atom. The molecular weight excluding hydrogens is 308 g/mol. The molecule has 0 aliphatic carbocycles. The van der Waals surface area contributed by atoms with Crippen molar-refractivity contribution < 1.29 is 14.7 Å². The molecule has 0 aliphatic heterocycles. The van der Waals surface area contributed by atoms with Crippen LogP contribution in [0.2, 0.25) is 0 Å². The van der Waals surface area contributed by atoms with Gasteiger partial charge >= 0.3 is 5.97 Å². The maximum Gasteiger partial charge on any atom is 0.321 e. The summed E-state index contributed by atoms with van der Waals surface area (Å²) in [6, 6.07) is 6.48. The lowest BCUT2D eigenvalue weighted by molar-refractivity contribution is -0.141. The van der Waals surface area contributed by atoms with E-state index >= 15 is 0 Å². The lowest BCUT2D eigenvalue weighted by Crippen LogP contribution is -2.40. The summed E-state index contributed by atoms with van der Waals surface area (Å²) >= 11 is 0. The summed E-state index contributed by atoms with van der Waals surface area (Å²) in [4.78, 5) is 27.3. The van der Waals surface area contributed by atoms with E-state index in [1.54, 1.807) is 18.6 Å². The molecule has 0 saturated heterocycles. The molecule has 0 spiro atoms. The third kappa shape index (κ3) is 5.85. The Labute approximate surface area is 140 Å². The first-order valence-electron chi connectivity index (χ1n) is 7.83. The molecule has 1 amide bonds. The zero-order valence-electron chi connectivity index (χ0n) is 13.6. The number of aromatic nitrogens is 2. The van der Waals surface area contributed by atoms with E-state index in [4.69, 9.17) is 0 Å². The van der Waals surface area contributed by atoms with Gasteiger partial charge in [0.05, 0.1) is 12.7 Å². The van der Waals surface area contributed by atoms with Gasteiger partial charge in [-0.1, -0.05) is 12.1 Å². The number of carboxylic acid groups (broad SMARTS) is 1. The normalized spacial score (nSPS) is 11.9. The van der Waals surface area contributed by atoms with Crippen LogP contribution in [-0.4, -0.2) is 39.1 Å². The van der Waals surface area contributed by atoms with Gasteiger partial charge in [-0.2, -0.15) is 0 Å². The molecule has 0 radical (unpaired) electrons. The van der Waals surface area contributed by atoms with Crippen LogP contribution >= 0.6 is 0 Å². The number of imidazole rings is 1. The number of aliphatic carboxylic acids is 1. The summed E-state index contributed by atoms with van der Waals surface area (Å²) in [5.41, 5.74) is 1.70. The van der Waals surface area contributed by atoms with Crippen molar-refractivity contribution in [3.8, 4) is 0 Å². The second-order valence-corrected chi connectivity index (χ2v) is 5.62. The third-order valence-corrected chi connectivity index (χ3v) is 3.53. The second-order valence-electron chi connectivity index (χ2n) is 5.62. The molecule has 2 aromatic rings. The quantitative estimate of drug-likeness (QED) is 0.608. The number of nitrogens with one attached hydrogen (secondary N) is 2. The van der Waals surface area contributed by atoms with E-state index in [1.807, 2.05) is 35.9 Å². The molecule has 3 N–H and O–H groups in total. The van der Waals surface area contributed by atoms with Crippen LogP contribution in [0.3, 0.4) is 0 Å². The summed E-state index contributed by atoms with van der Waals surface area (Å²) < 4.78 is 1.92. The average molecular weight is 330 g/mol. The lowest BCUT2D eigenvalue weighted by Gasteiger charge is -2.14. The summed E-state index contributed by atoms with van der Waals surface area (Å²) in [6.45, 7) is 3.18. The largest absolute Gasteiger partial charge is 0.480 e. The van der Waals surface area contributed by atoms with Crippen LogP contribution in [0.15, 0.2) is 43.0 Å². The van der Waals surface area contributed by atoms with Crippen molar-refractivity contribution in [1.29, 1.82) is 0 Å². The number of nitrogens with zero attached hydrogens (tertiary/aromatic N) is 2. The number of hydrogen-bond donors (Lipinski definition) is 3. The first-order chi connectivity index (χ1) is 11.5. The molecule has 1 aromatic carbocycles. The van der Waals surface area contributed by atoms with E-state index in [9.17, 15) is 14.7 Å².